The highest BCUT2D eigenvalue weighted by molar-refractivity contribution is 5.91. The molecular formula is C48H66O5. The highest BCUT2D eigenvalue weighted by Crippen LogP contribution is 2.19. The second-order valence-electron chi connectivity index (χ2n) is 14.5. The summed E-state index contributed by atoms with van der Waals surface area (Å²) >= 11 is 0. The molecule has 0 aliphatic heterocycles. The molecule has 0 spiro atoms. The molecule has 0 saturated carbocycles. The van der Waals surface area contributed by atoms with Crippen LogP contribution in [0.15, 0.2) is 72.8 Å². The summed E-state index contributed by atoms with van der Waals surface area (Å²) in [5.41, 5.74) is 2.58. The minimum atomic E-state index is -0.419. The minimum absolute atomic E-state index is 0.0936. The monoisotopic (exact) mass is 722 g/mol. The van der Waals surface area contributed by atoms with Crippen LogP contribution in [0.25, 0.3) is 0 Å². The van der Waals surface area contributed by atoms with Gasteiger partial charge in [0.05, 0.1) is 23.8 Å². The Morgan fingerprint density at radius 3 is 1.40 bits per heavy atom. The minimum Gasteiger partial charge on any atom is -0.494 e. The number of esters is 2. The van der Waals surface area contributed by atoms with Gasteiger partial charge in [0.15, 0.2) is 0 Å². The summed E-state index contributed by atoms with van der Waals surface area (Å²) in [6.45, 7) is 7.15. The highest BCUT2D eigenvalue weighted by atomic mass is 16.5. The van der Waals surface area contributed by atoms with Gasteiger partial charge in [-0.25, -0.2) is 9.59 Å². The molecule has 53 heavy (non-hydrogen) atoms. The summed E-state index contributed by atoms with van der Waals surface area (Å²) in [7, 11) is 0. The largest absolute Gasteiger partial charge is 0.494 e. The quantitative estimate of drug-likeness (QED) is 0.0339. The van der Waals surface area contributed by atoms with Crippen LogP contribution in [0, 0.1) is 11.8 Å². The molecule has 1 unspecified atom stereocenters. The molecule has 5 nitrogen and oxygen atoms in total. The number of carbonyl (C=O) groups is 2. The van der Waals surface area contributed by atoms with Gasteiger partial charge in [0.25, 0.3) is 0 Å². The summed E-state index contributed by atoms with van der Waals surface area (Å²) < 4.78 is 17.1. The van der Waals surface area contributed by atoms with Crippen LogP contribution < -0.4 is 9.47 Å². The lowest BCUT2D eigenvalue weighted by atomic mass is 10.0. The lowest BCUT2D eigenvalue weighted by molar-refractivity contribution is 0.0319. The van der Waals surface area contributed by atoms with E-state index in [4.69, 9.17) is 14.2 Å². The van der Waals surface area contributed by atoms with E-state index < -0.39 is 5.97 Å². The average molecular weight is 723 g/mol. The van der Waals surface area contributed by atoms with E-state index in [9.17, 15) is 9.59 Å². The fourth-order valence-electron chi connectivity index (χ4n) is 6.30. The van der Waals surface area contributed by atoms with E-state index in [1.807, 2.05) is 43.3 Å². The number of benzene rings is 3. The Hall–Kier alpha value is -4.04. The Morgan fingerprint density at radius 2 is 0.887 bits per heavy atom. The van der Waals surface area contributed by atoms with E-state index in [0.717, 1.165) is 36.1 Å². The zero-order valence-electron chi connectivity index (χ0n) is 33.1. The van der Waals surface area contributed by atoms with Gasteiger partial charge < -0.3 is 14.2 Å². The fraction of sp³-hybridized carbons (Fsp3) is 0.542. The molecular weight excluding hydrogens is 657 g/mol. The first-order valence-electron chi connectivity index (χ1n) is 20.9. The third-order valence-corrected chi connectivity index (χ3v) is 9.67. The van der Waals surface area contributed by atoms with Crippen molar-refractivity contribution in [1.29, 1.82) is 0 Å². The van der Waals surface area contributed by atoms with Crippen LogP contribution in [0.3, 0.4) is 0 Å². The Balaban J connectivity index is 1.28. The second-order valence-corrected chi connectivity index (χ2v) is 14.5. The molecule has 0 heterocycles. The van der Waals surface area contributed by atoms with Gasteiger partial charge in [0.2, 0.25) is 0 Å². The Bertz CT molecular complexity index is 1460. The van der Waals surface area contributed by atoms with Crippen LogP contribution in [0.2, 0.25) is 0 Å². The smallest absolute Gasteiger partial charge is 0.343 e. The van der Waals surface area contributed by atoms with Crippen molar-refractivity contribution in [2.45, 2.75) is 162 Å². The van der Waals surface area contributed by atoms with Crippen LogP contribution in [0.5, 0.6) is 11.5 Å². The van der Waals surface area contributed by atoms with E-state index in [2.05, 4.69) is 25.7 Å². The van der Waals surface area contributed by atoms with Gasteiger partial charge in [-0.15, -0.1) is 0 Å². The first-order chi connectivity index (χ1) is 26.0. The predicted octanol–water partition coefficient (Wildman–Crippen LogP) is 13.5. The molecule has 0 N–H and O–H groups in total. The Labute approximate surface area is 321 Å². The van der Waals surface area contributed by atoms with Crippen molar-refractivity contribution in [3.8, 4) is 23.3 Å². The van der Waals surface area contributed by atoms with Gasteiger partial charge >= 0.3 is 11.9 Å². The molecule has 0 aromatic heterocycles. The van der Waals surface area contributed by atoms with E-state index in [0.29, 0.717) is 23.5 Å². The van der Waals surface area contributed by atoms with Crippen molar-refractivity contribution in [3.63, 3.8) is 0 Å². The van der Waals surface area contributed by atoms with Crippen molar-refractivity contribution in [2.24, 2.45) is 0 Å². The topological polar surface area (TPSA) is 61.8 Å². The molecule has 0 radical (unpaired) electrons. The number of rotatable bonds is 27. The number of hydrogen-bond acceptors (Lipinski definition) is 5. The van der Waals surface area contributed by atoms with Crippen molar-refractivity contribution < 1.29 is 23.8 Å². The first kappa shape index (κ1) is 43.4. The molecule has 0 aliphatic carbocycles. The average Bonchev–Trinajstić information content (AvgIpc) is 3.17. The zero-order valence-corrected chi connectivity index (χ0v) is 33.1. The maximum absolute atomic E-state index is 12.7. The normalized spacial score (nSPS) is 11.4. The second kappa shape index (κ2) is 27.5. The van der Waals surface area contributed by atoms with E-state index >= 15 is 0 Å². The molecule has 0 fully saturated rings. The van der Waals surface area contributed by atoms with Gasteiger partial charge in [-0.1, -0.05) is 141 Å². The van der Waals surface area contributed by atoms with Crippen molar-refractivity contribution in [1.82, 2.24) is 0 Å². The zero-order chi connectivity index (χ0) is 37.8. The summed E-state index contributed by atoms with van der Waals surface area (Å²) in [6, 6.07) is 21.4. The standard InChI is InChI=1S/C48H66O5/c1-4-6-8-10-12-13-14-15-16-17-18-19-21-23-39-51-45-37-33-44(34-38-45)48(50)53-46-35-29-42(30-36-46)26-25-41-27-31-43(32-28-41)47(49)52-40(3)24-22-20-11-9-7-5-2/h27-38,40H,4-24,39H2,1-3H3. The molecule has 0 aliphatic rings. The van der Waals surface area contributed by atoms with Gasteiger partial charge in [-0.05, 0) is 99.0 Å². The summed E-state index contributed by atoms with van der Waals surface area (Å²) in [6.07, 6.45) is 26.9. The van der Waals surface area contributed by atoms with Crippen molar-refractivity contribution in [3.05, 3.63) is 95.1 Å². The van der Waals surface area contributed by atoms with Gasteiger partial charge in [-0.2, -0.15) is 0 Å². The summed E-state index contributed by atoms with van der Waals surface area (Å²) in [4.78, 5) is 25.3. The van der Waals surface area contributed by atoms with Crippen LogP contribution in [-0.2, 0) is 4.74 Å². The third kappa shape index (κ3) is 19.6. The third-order valence-electron chi connectivity index (χ3n) is 9.67. The van der Waals surface area contributed by atoms with Crippen molar-refractivity contribution in [2.75, 3.05) is 6.61 Å². The fourth-order valence-corrected chi connectivity index (χ4v) is 6.30. The molecule has 0 saturated heterocycles. The van der Waals surface area contributed by atoms with Crippen LogP contribution >= 0.6 is 0 Å². The molecule has 3 aromatic carbocycles. The van der Waals surface area contributed by atoms with E-state index in [1.165, 1.54) is 116 Å². The number of ether oxygens (including phenoxy) is 3. The van der Waals surface area contributed by atoms with Crippen molar-refractivity contribution >= 4 is 11.9 Å². The number of unbranched alkanes of at least 4 members (excludes halogenated alkanes) is 18. The molecule has 5 heteroatoms. The van der Waals surface area contributed by atoms with E-state index in [1.54, 1.807) is 36.4 Å². The van der Waals surface area contributed by atoms with Gasteiger partial charge in [0, 0.05) is 11.1 Å². The lowest BCUT2D eigenvalue weighted by Crippen LogP contribution is -2.15. The molecule has 0 bridgehead atoms. The predicted molar refractivity (Wildman–Crippen MR) is 219 cm³/mol. The summed E-state index contributed by atoms with van der Waals surface area (Å²) in [5.74, 6) is 6.76. The molecule has 1 atom stereocenters. The van der Waals surface area contributed by atoms with Crippen LogP contribution in [0.4, 0.5) is 0 Å². The first-order valence-corrected chi connectivity index (χ1v) is 20.9. The maximum Gasteiger partial charge on any atom is 0.343 e. The molecule has 0 amide bonds. The van der Waals surface area contributed by atoms with Gasteiger partial charge in [0.1, 0.15) is 11.5 Å². The van der Waals surface area contributed by atoms with Gasteiger partial charge in [-0.3, -0.25) is 0 Å². The maximum atomic E-state index is 12.7. The molecule has 3 aromatic rings. The lowest BCUT2D eigenvalue weighted by Gasteiger charge is -2.13. The summed E-state index contributed by atoms with van der Waals surface area (Å²) in [5, 5.41) is 0. The molecule has 288 valence electrons. The highest BCUT2D eigenvalue weighted by Gasteiger charge is 2.12. The Kier molecular flexibility index (Phi) is 22.5. The number of hydrogen-bond donors (Lipinski definition) is 0. The SMILES string of the molecule is CCCCCCCCCCCCCCCCOc1ccc(C(=O)Oc2ccc(C#Cc3ccc(C(=O)OC(C)CCCCCCCC)cc3)cc2)cc1. The Morgan fingerprint density at radius 1 is 0.491 bits per heavy atom. The van der Waals surface area contributed by atoms with E-state index in [-0.39, 0.29) is 12.1 Å². The molecule has 3 rings (SSSR count). The van der Waals surface area contributed by atoms with Crippen LogP contribution in [-0.4, -0.2) is 24.6 Å². The number of carbonyl (C=O) groups excluding carboxylic acids is 2. The van der Waals surface area contributed by atoms with Crippen LogP contribution in [0.1, 0.15) is 187 Å².